The van der Waals surface area contributed by atoms with Gasteiger partial charge in [0.05, 0.1) is 0 Å². The van der Waals surface area contributed by atoms with E-state index < -0.39 is 6.04 Å². The van der Waals surface area contributed by atoms with Gasteiger partial charge in [0.2, 0.25) is 0 Å². The average molecular weight is 359 g/mol. The van der Waals surface area contributed by atoms with E-state index in [0.717, 1.165) is 31.5 Å². The summed E-state index contributed by atoms with van der Waals surface area (Å²) in [7, 11) is 2.11. The number of aryl methyl sites for hydroxylation is 1. The lowest BCUT2D eigenvalue weighted by molar-refractivity contribution is -0.154. The number of esters is 1. The zero-order chi connectivity index (χ0) is 17.6. The molecular weight excluding hydrogens is 332 g/mol. The number of carbonyl (C=O) groups excluding carboxylic acids is 1. The number of piperidine rings is 1. The number of likely N-dealkylation sites (tertiary alicyclic amines) is 1. The van der Waals surface area contributed by atoms with Gasteiger partial charge in [0.1, 0.15) is 12.1 Å². The first-order valence-corrected chi connectivity index (χ1v) is 9.66. The molecule has 0 bridgehead atoms. The smallest absolute Gasteiger partial charge is 0.328 e. The summed E-state index contributed by atoms with van der Waals surface area (Å²) in [4.78, 5) is 17.6. The average Bonchev–Trinajstić information content (AvgIpc) is 3.03. The van der Waals surface area contributed by atoms with E-state index in [1.54, 1.807) is 11.3 Å². The van der Waals surface area contributed by atoms with E-state index in [2.05, 4.69) is 36.3 Å². The first-order chi connectivity index (χ1) is 12.1. The summed E-state index contributed by atoms with van der Waals surface area (Å²) in [6.07, 6.45) is 1.85. The van der Waals surface area contributed by atoms with Crippen LogP contribution in [0.25, 0.3) is 0 Å². The van der Waals surface area contributed by atoms with Crippen molar-refractivity contribution in [2.24, 2.45) is 0 Å². The van der Waals surface area contributed by atoms with Crippen molar-refractivity contribution >= 4 is 17.3 Å². The van der Waals surface area contributed by atoms with Crippen LogP contribution in [0.15, 0.2) is 42.5 Å². The summed E-state index contributed by atoms with van der Waals surface area (Å²) in [5.41, 5.74) is 0.953. The maximum atomic E-state index is 12.8. The third-order valence-corrected chi connectivity index (χ3v) is 5.59. The Morgan fingerprint density at radius 2 is 1.96 bits per heavy atom. The molecule has 1 fully saturated rings. The molecule has 0 spiro atoms. The summed E-state index contributed by atoms with van der Waals surface area (Å²) >= 11 is 1.75. The number of nitrogens with one attached hydrogen (secondary N) is 1. The number of carbonyl (C=O) groups is 1. The van der Waals surface area contributed by atoms with Crippen LogP contribution < -0.4 is 5.32 Å². The number of nitrogens with zero attached hydrogens (tertiary/aromatic N) is 1. The fourth-order valence-corrected chi connectivity index (χ4v) is 3.94. The third-order valence-electron chi connectivity index (χ3n) is 4.59. The molecule has 1 aromatic carbocycles. The Balaban J connectivity index is 1.66. The van der Waals surface area contributed by atoms with Crippen molar-refractivity contribution in [3.8, 4) is 0 Å². The minimum Gasteiger partial charge on any atom is -0.461 e. The van der Waals surface area contributed by atoms with E-state index in [9.17, 15) is 4.79 Å². The van der Waals surface area contributed by atoms with E-state index in [-0.39, 0.29) is 12.1 Å². The molecule has 1 aliphatic rings. The Kier molecular flexibility index (Phi) is 6.24. The minimum atomic E-state index is -0.428. The van der Waals surface area contributed by atoms with E-state index >= 15 is 0 Å². The summed E-state index contributed by atoms with van der Waals surface area (Å²) in [5.74, 6) is -0.172. The van der Waals surface area contributed by atoms with Crippen molar-refractivity contribution in [3.05, 3.63) is 57.8 Å². The molecule has 1 N–H and O–H groups in total. The molecule has 0 amide bonds. The van der Waals surface area contributed by atoms with Crippen molar-refractivity contribution in [3.63, 3.8) is 0 Å². The molecule has 0 saturated carbocycles. The molecule has 0 aliphatic carbocycles. The summed E-state index contributed by atoms with van der Waals surface area (Å²) in [6, 6.07) is 13.6. The molecular formula is C20H26N2O2S. The Labute approximate surface area is 153 Å². The van der Waals surface area contributed by atoms with Crippen LogP contribution >= 0.6 is 11.3 Å². The van der Waals surface area contributed by atoms with Gasteiger partial charge in [-0.1, -0.05) is 30.3 Å². The maximum Gasteiger partial charge on any atom is 0.328 e. The fourth-order valence-electron chi connectivity index (χ4n) is 3.10. The van der Waals surface area contributed by atoms with Gasteiger partial charge in [-0.3, -0.25) is 5.32 Å². The SMILES string of the molecule is Cc1ccc(CNC(C(=O)OC2CCN(C)CC2)c2ccccc2)s1. The van der Waals surface area contributed by atoms with Crippen LogP contribution in [0.2, 0.25) is 0 Å². The highest BCUT2D eigenvalue weighted by Gasteiger charge is 2.26. The minimum absolute atomic E-state index is 0.0284. The van der Waals surface area contributed by atoms with Crippen molar-refractivity contribution in [1.82, 2.24) is 10.2 Å². The predicted molar refractivity (Wildman–Crippen MR) is 102 cm³/mol. The molecule has 0 radical (unpaired) electrons. The van der Waals surface area contributed by atoms with Gasteiger partial charge in [0, 0.05) is 29.4 Å². The molecule has 5 heteroatoms. The number of ether oxygens (including phenoxy) is 1. The molecule has 1 aliphatic heterocycles. The van der Waals surface area contributed by atoms with Gasteiger partial charge in [-0.05, 0) is 44.5 Å². The Morgan fingerprint density at radius 3 is 2.60 bits per heavy atom. The second-order valence-corrected chi connectivity index (χ2v) is 8.05. The normalized spacial score (nSPS) is 17.4. The van der Waals surface area contributed by atoms with E-state index in [4.69, 9.17) is 4.74 Å². The van der Waals surface area contributed by atoms with Gasteiger partial charge < -0.3 is 9.64 Å². The van der Waals surface area contributed by atoms with Crippen LogP contribution in [-0.4, -0.2) is 37.1 Å². The zero-order valence-corrected chi connectivity index (χ0v) is 15.7. The molecule has 1 saturated heterocycles. The molecule has 25 heavy (non-hydrogen) atoms. The summed E-state index contributed by atoms with van der Waals surface area (Å²) < 4.78 is 5.83. The molecule has 2 heterocycles. The van der Waals surface area contributed by atoms with Crippen molar-refractivity contribution in [1.29, 1.82) is 0 Å². The lowest BCUT2D eigenvalue weighted by atomic mass is 10.1. The van der Waals surface area contributed by atoms with Gasteiger partial charge in [-0.2, -0.15) is 0 Å². The standard InChI is InChI=1S/C20H26N2O2S/c1-15-8-9-18(25-15)14-21-19(16-6-4-3-5-7-16)20(23)24-17-10-12-22(2)13-11-17/h3-9,17,19,21H,10-14H2,1-2H3. The molecule has 2 aromatic rings. The van der Waals surface area contributed by atoms with E-state index in [0.29, 0.717) is 6.54 Å². The van der Waals surface area contributed by atoms with Gasteiger partial charge >= 0.3 is 5.97 Å². The van der Waals surface area contributed by atoms with Crippen LogP contribution in [0.3, 0.4) is 0 Å². The first-order valence-electron chi connectivity index (χ1n) is 8.84. The van der Waals surface area contributed by atoms with Crippen LogP contribution in [0, 0.1) is 6.92 Å². The van der Waals surface area contributed by atoms with Crippen LogP contribution in [-0.2, 0) is 16.1 Å². The maximum absolute atomic E-state index is 12.8. The molecule has 134 valence electrons. The Bertz CT molecular complexity index is 678. The van der Waals surface area contributed by atoms with Gasteiger partial charge in [-0.15, -0.1) is 11.3 Å². The van der Waals surface area contributed by atoms with Crippen molar-refractivity contribution in [2.45, 2.75) is 38.5 Å². The van der Waals surface area contributed by atoms with Crippen LogP contribution in [0.5, 0.6) is 0 Å². The largest absolute Gasteiger partial charge is 0.461 e. The zero-order valence-electron chi connectivity index (χ0n) is 14.9. The van der Waals surface area contributed by atoms with Crippen molar-refractivity contribution in [2.75, 3.05) is 20.1 Å². The lowest BCUT2D eigenvalue weighted by Crippen LogP contribution is -2.38. The molecule has 4 nitrogen and oxygen atoms in total. The number of rotatable bonds is 6. The highest BCUT2D eigenvalue weighted by molar-refractivity contribution is 7.11. The van der Waals surface area contributed by atoms with E-state index in [1.807, 2.05) is 30.3 Å². The summed E-state index contributed by atoms with van der Waals surface area (Å²) in [5, 5.41) is 3.39. The quantitative estimate of drug-likeness (QED) is 0.802. The van der Waals surface area contributed by atoms with Crippen LogP contribution in [0.1, 0.15) is 34.2 Å². The predicted octanol–water partition coefficient (Wildman–Crippen LogP) is 3.52. The summed E-state index contributed by atoms with van der Waals surface area (Å²) in [6.45, 7) is 4.73. The number of benzene rings is 1. The topological polar surface area (TPSA) is 41.6 Å². The third kappa shape index (κ3) is 5.14. The van der Waals surface area contributed by atoms with Crippen molar-refractivity contribution < 1.29 is 9.53 Å². The Morgan fingerprint density at radius 1 is 1.24 bits per heavy atom. The van der Waals surface area contributed by atoms with E-state index in [1.165, 1.54) is 9.75 Å². The first kappa shape index (κ1) is 18.1. The molecule has 1 aromatic heterocycles. The van der Waals surface area contributed by atoms with Gasteiger partial charge in [0.15, 0.2) is 0 Å². The fraction of sp³-hybridized carbons (Fsp3) is 0.450. The van der Waals surface area contributed by atoms with Crippen LogP contribution in [0.4, 0.5) is 0 Å². The number of hydrogen-bond donors (Lipinski definition) is 1. The molecule has 1 unspecified atom stereocenters. The van der Waals surface area contributed by atoms with Gasteiger partial charge in [0.25, 0.3) is 0 Å². The molecule has 3 rings (SSSR count). The monoisotopic (exact) mass is 358 g/mol. The number of hydrogen-bond acceptors (Lipinski definition) is 5. The Hall–Kier alpha value is -1.69. The molecule has 1 atom stereocenters. The van der Waals surface area contributed by atoms with Gasteiger partial charge in [-0.25, -0.2) is 4.79 Å². The second kappa shape index (κ2) is 8.61. The number of thiophene rings is 1. The highest BCUT2D eigenvalue weighted by atomic mass is 32.1. The second-order valence-electron chi connectivity index (χ2n) is 6.68. The lowest BCUT2D eigenvalue weighted by Gasteiger charge is -2.30. The highest BCUT2D eigenvalue weighted by Crippen LogP contribution is 2.21.